The van der Waals surface area contributed by atoms with Crippen LogP contribution in [0.2, 0.25) is 0 Å². The molecule has 1 amide bonds. The predicted octanol–water partition coefficient (Wildman–Crippen LogP) is 2.00. The average Bonchev–Trinajstić information content (AvgIpc) is 2.65. The van der Waals surface area contributed by atoms with Gasteiger partial charge in [0.25, 0.3) is 0 Å². The molecule has 1 N–H and O–H groups in total. The summed E-state index contributed by atoms with van der Waals surface area (Å²) in [6.45, 7) is 6.27. The van der Waals surface area contributed by atoms with Gasteiger partial charge < -0.3 is 15.1 Å². The number of piperazine rings is 1. The van der Waals surface area contributed by atoms with Crippen LogP contribution in [0.3, 0.4) is 0 Å². The first-order valence-electron chi connectivity index (χ1n) is 8.93. The molecule has 0 radical (unpaired) electrons. The Morgan fingerprint density at radius 3 is 2.84 bits per heavy atom. The number of carbonyl (C=O) groups excluding carboxylic acids is 1. The van der Waals surface area contributed by atoms with E-state index >= 15 is 0 Å². The van der Waals surface area contributed by atoms with Gasteiger partial charge in [-0.1, -0.05) is 24.3 Å². The Labute approximate surface area is 149 Å². The van der Waals surface area contributed by atoms with Crippen molar-refractivity contribution in [2.75, 3.05) is 46.3 Å². The monoisotopic (exact) mass is 338 g/mol. The van der Waals surface area contributed by atoms with E-state index in [9.17, 15) is 4.79 Å². The van der Waals surface area contributed by atoms with Crippen molar-refractivity contribution in [3.8, 4) is 0 Å². The summed E-state index contributed by atoms with van der Waals surface area (Å²) in [7, 11) is 2.16. The SMILES string of the molecule is CN1CCN(CCCNC(=O)/C=C/c2cccc3cccnc23)CC1. The Balaban J connectivity index is 1.43. The van der Waals surface area contributed by atoms with E-state index in [1.54, 1.807) is 12.3 Å². The number of carbonyl (C=O) groups is 1. The number of nitrogens with zero attached hydrogens (tertiary/aromatic N) is 3. The Morgan fingerprint density at radius 2 is 2.00 bits per heavy atom. The van der Waals surface area contributed by atoms with E-state index in [0.29, 0.717) is 6.54 Å². The lowest BCUT2D eigenvalue weighted by molar-refractivity contribution is -0.116. The molecule has 1 aromatic heterocycles. The van der Waals surface area contributed by atoms with Gasteiger partial charge in [-0.05, 0) is 32.2 Å². The molecule has 3 rings (SSSR count). The van der Waals surface area contributed by atoms with Crippen molar-refractivity contribution in [1.29, 1.82) is 0 Å². The molecule has 1 aliphatic heterocycles. The summed E-state index contributed by atoms with van der Waals surface area (Å²) in [5, 5.41) is 4.05. The van der Waals surface area contributed by atoms with Crippen LogP contribution < -0.4 is 5.32 Å². The highest BCUT2D eigenvalue weighted by atomic mass is 16.1. The molecule has 2 heterocycles. The highest BCUT2D eigenvalue weighted by Gasteiger charge is 2.12. The maximum Gasteiger partial charge on any atom is 0.244 e. The fourth-order valence-corrected chi connectivity index (χ4v) is 3.07. The van der Waals surface area contributed by atoms with Crippen LogP contribution in [0.5, 0.6) is 0 Å². The van der Waals surface area contributed by atoms with Crippen LogP contribution in [0.15, 0.2) is 42.6 Å². The van der Waals surface area contributed by atoms with Crippen LogP contribution >= 0.6 is 0 Å². The minimum Gasteiger partial charge on any atom is -0.353 e. The van der Waals surface area contributed by atoms with Crippen molar-refractivity contribution in [1.82, 2.24) is 20.1 Å². The number of fused-ring (bicyclic) bond motifs is 1. The number of benzene rings is 1. The highest BCUT2D eigenvalue weighted by Crippen LogP contribution is 2.16. The topological polar surface area (TPSA) is 48.5 Å². The van der Waals surface area contributed by atoms with E-state index in [0.717, 1.165) is 55.6 Å². The number of nitrogens with one attached hydrogen (secondary N) is 1. The molecule has 2 aromatic rings. The van der Waals surface area contributed by atoms with Crippen molar-refractivity contribution >= 4 is 22.9 Å². The molecular formula is C20H26N4O. The van der Waals surface area contributed by atoms with Gasteiger partial charge in [0.1, 0.15) is 0 Å². The molecule has 5 heteroatoms. The lowest BCUT2D eigenvalue weighted by atomic mass is 10.1. The fourth-order valence-electron chi connectivity index (χ4n) is 3.07. The van der Waals surface area contributed by atoms with Gasteiger partial charge in [-0.15, -0.1) is 0 Å². The average molecular weight is 338 g/mol. The Bertz CT molecular complexity index is 730. The van der Waals surface area contributed by atoms with Gasteiger partial charge in [-0.3, -0.25) is 9.78 Å². The zero-order valence-corrected chi connectivity index (χ0v) is 14.8. The molecule has 0 atom stereocenters. The van der Waals surface area contributed by atoms with E-state index in [2.05, 4.69) is 27.1 Å². The number of amides is 1. The largest absolute Gasteiger partial charge is 0.353 e. The van der Waals surface area contributed by atoms with Crippen molar-refractivity contribution in [3.63, 3.8) is 0 Å². The van der Waals surface area contributed by atoms with Crippen LogP contribution in [-0.2, 0) is 4.79 Å². The van der Waals surface area contributed by atoms with Gasteiger partial charge >= 0.3 is 0 Å². The summed E-state index contributed by atoms with van der Waals surface area (Å²) in [6, 6.07) is 9.93. The Hall–Kier alpha value is -2.24. The maximum atomic E-state index is 12.0. The third kappa shape index (κ3) is 5.11. The summed E-state index contributed by atoms with van der Waals surface area (Å²) < 4.78 is 0. The normalized spacial score (nSPS) is 16.5. The molecular weight excluding hydrogens is 312 g/mol. The zero-order valence-electron chi connectivity index (χ0n) is 14.8. The number of pyridine rings is 1. The summed E-state index contributed by atoms with van der Waals surface area (Å²) in [5.41, 5.74) is 1.88. The minimum absolute atomic E-state index is 0.0497. The van der Waals surface area contributed by atoms with Crippen molar-refractivity contribution in [2.24, 2.45) is 0 Å². The van der Waals surface area contributed by atoms with Gasteiger partial charge in [0.15, 0.2) is 0 Å². The number of likely N-dealkylation sites (N-methyl/N-ethyl adjacent to an activating group) is 1. The molecule has 25 heavy (non-hydrogen) atoms. The van der Waals surface area contributed by atoms with E-state index in [1.807, 2.05) is 36.4 Å². The molecule has 0 unspecified atom stereocenters. The summed E-state index contributed by atoms with van der Waals surface area (Å²) in [4.78, 5) is 21.2. The van der Waals surface area contributed by atoms with Gasteiger partial charge in [-0.2, -0.15) is 0 Å². The standard InChI is InChI=1S/C20H26N4O/c1-23-13-15-24(16-14-23)12-4-11-21-19(25)9-8-18-6-2-5-17-7-3-10-22-20(17)18/h2-3,5-10H,4,11-16H2,1H3,(H,21,25)/b9-8+. The van der Waals surface area contributed by atoms with Crippen molar-refractivity contribution < 1.29 is 4.79 Å². The van der Waals surface area contributed by atoms with E-state index in [-0.39, 0.29) is 5.91 Å². The lowest BCUT2D eigenvalue weighted by Gasteiger charge is -2.32. The Kier molecular flexibility index (Phi) is 6.14. The summed E-state index contributed by atoms with van der Waals surface area (Å²) >= 11 is 0. The van der Waals surface area contributed by atoms with Gasteiger partial charge in [-0.25, -0.2) is 0 Å². The minimum atomic E-state index is -0.0497. The molecule has 132 valence electrons. The van der Waals surface area contributed by atoms with Crippen LogP contribution in [0, 0.1) is 0 Å². The quantitative estimate of drug-likeness (QED) is 0.646. The number of hydrogen-bond donors (Lipinski definition) is 1. The van der Waals surface area contributed by atoms with Gasteiger partial charge in [0, 0.05) is 55.9 Å². The third-order valence-corrected chi connectivity index (χ3v) is 4.62. The number of para-hydroxylation sites is 1. The lowest BCUT2D eigenvalue weighted by Crippen LogP contribution is -2.45. The number of aromatic nitrogens is 1. The first-order valence-corrected chi connectivity index (χ1v) is 8.93. The molecule has 1 saturated heterocycles. The number of hydrogen-bond acceptors (Lipinski definition) is 4. The van der Waals surface area contributed by atoms with E-state index < -0.39 is 0 Å². The zero-order chi connectivity index (χ0) is 17.5. The molecule has 0 aliphatic carbocycles. The maximum absolute atomic E-state index is 12.0. The molecule has 1 aliphatic rings. The smallest absolute Gasteiger partial charge is 0.244 e. The Morgan fingerprint density at radius 1 is 1.20 bits per heavy atom. The van der Waals surface area contributed by atoms with Crippen LogP contribution in [0.4, 0.5) is 0 Å². The van der Waals surface area contributed by atoms with Gasteiger partial charge in [0.05, 0.1) is 5.52 Å². The van der Waals surface area contributed by atoms with Crippen LogP contribution in [-0.4, -0.2) is 67.0 Å². The van der Waals surface area contributed by atoms with E-state index in [1.165, 1.54) is 0 Å². The summed E-state index contributed by atoms with van der Waals surface area (Å²) in [5.74, 6) is -0.0497. The van der Waals surface area contributed by atoms with Gasteiger partial charge in [0.2, 0.25) is 5.91 Å². The van der Waals surface area contributed by atoms with Crippen molar-refractivity contribution in [2.45, 2.75) is 6.42 Å². The third-order valence-electron chi connectivity index (χ3n) is 4.62. The summed E-state index contributed by atoms with van der Waals surface area (Å²) in [6.07, 6.45) is 6.20. The van der Waals surface area contributed by atoms with Crippen molar-refractivity contribution in [3.05, 3.63) is 48.2 Å². The molecule has 0 saturated carbocycles. The van der Waals surface area contributed by atoms with E-state index in [4.69, 9.17) is 0 Å². The first-order chi connectivity index (χ1) is 12.2. The second kappa shape index (κ2) is 8.74. The molecule has 0 spiro atoms. The first kappa shape index (κ1) is 17.6. The molecule has 1 aromatic carbocycles. The predicted molar refractivity (Wildman–Crippen MR) is 102 cm³/mol. The highest BCUT2D eigenvalue weighted by molar-refractivity contribution is 5.95. The second-order valence-corrected chi connectivity index (χ2v) is 6.55. The van der Waals surface area contributed by atoms with Crippen LogP contribution in [0.25, 0.3) is 17.0 Å². The number of rotatable bonds is 6. The second-order valence-electron chi connectivity index (χ2n) is 6.55. The molecule has 1 fully saturated rings. The molecule has 0 bridgehead atoms. The van der Waals surface area contributed by atoms with Crippen LogP contribution in [0.1, 0.15) is 12.0 Å². The molecule has 5 nitrogen and oxygen atoms in total. The fraction of sp³-hybridized carbons (Fsp3) is 0.400.